The van der Waals surface area contributed by atoms with Crippen molar-refractivity contribution in [2.75, 3.05) is 13.1 Å². The van der Waals surface area contributed by atoms with Crippen molar-refractivity contribution in [3.63, 3.8) is 0 Å². The molecule has 1 atom stereocenters. The molecule has 1 aromatic rings. The summed E-state index contributed by atoms with van der Waals surface area (Å²) in [5.41, 5.74) is 7.73. The second kappa shape index (κ2) is 5.76. The Hall–Kier alpha value is -1.00. The highest BCUT2D eigenvalue weighted by atomic mass is 15.2. The van der Waals surface area contributed by atoms with Gasteiger partial charge in [0.25, 0.3) is 0 Å². The molecule has 1 fully saturated rings. The highest BCUT2D eigenvalue weighted by molar-refractivity contribution is 5.18. The van der Waals surface area contributed by atoms with Crippen LogP contribution in [0, 0.1) is 0 Å². The molecule has 1 heterocycles. The van der Waals surface area contributed by atoms with Gasteiger partial charge in [0.2, 0.25) is 0 Å². The van der Waals surface area contributed by atoms with Crippen LogP contribution < -0.4 is 5.73 Å². The van der Waals surface area contributed by atoms with Crippen molar-refractivity contribution in [2.45, 2.75) is 51.1 Å². The molecule has 0 saturated heterocycles. The third kappa shape index (κ3) is 2.27. The molecule has 4 nitrogen and oxygen atoms in total. The van der Waals surface area contributed by atoms with E-state index in [9.17, 15) is 0 Å². The zero-order valence-corrected chi connectivity index (χ0v) is 11.5. The Morgan fingerprint density at radius 1 is 1.22 bits per heavy atom. The van der Waals surface area contributed by atoms with E-state index in [0.29, 0.717) is 0 Å². The lowest BCUT2D eigenvalue weighted by Crippen LogP contribution is -2.53. The van der Waals surface area contributed by atoms with Gasteiger partial charge < -0.3 is 5.73 Å². The summed E-state index contributed by atoms with van der Waals surface area (Å²) in [7, 11) is 0. The first kappa shape index (κ1) is 13.4. The highest BCUT2D eigenvalue weighted by Gasteiger charge is 2.44. The van der Waals surface area contributed by atoms with Crippen molar-refractivity contribution >= 4 is 0 Å². The summed E-state index contributed by atoms with van der Waals surface area (Å²) in [4.78, 5) is 10.7. The Labute approximate surface area is 110 Å². The van der Waals surface area contributed by atoms with Crippen molar-refractivity contribution in [2.24, 2.45) is 5.73 Å². The Bertz CT molecular complexity index is 355. The summed E-state index contributed by atoms with van der Waals surface area (Å²) >= 11 is 0. The molecule has 1 aliphatic rings. The summed E-state index contributed by atoms with van der Waals surface area (Å²) in [6.45, 7) is 6.55. The predicted octanol–water partition coefficient (Wildman–Crippen LogP) is 2.13. The molecule has 0 bridgehead atoms. The Balaban J connectivity index is 2.30. The molecule has 0 radical (unpaired) electrons. The molecule has 1 unspecified atom stereocenters. The molecule has 2 N–H and O–H groups in total. The molecule has 0 amide bonds. The van der Waals surface area contributed by atoms with Gasteiger partial charge in [-0.2, -0.15) is 0 Å². The first-order valence-electron chi connectivity index (χ1n) is 7.00. The van der Waals surface area contributed by atoms with Crippen molar-refractivity contribution in [1.29, 1.82) is 0 Å². The number of nitrogens with zero attached hydrogens (tertiary/aromatic N) is 3. The quantitative estimate of drug-likeness (QED) is 0.867. The maximum atomic E-state index is 6.57. The number of likely N-dealkylation sites (N-methyl/N-ethyl adjacent to an activating group) is 1. The number of nitrogens with two attached hydrogens (primary N) is 1. The maximum absolute atomic E-state index is 6.57. The van der Waals surface area contributed by atoms with E-state index in [2.05, 4.69) is 28.7 Å². The Morgan fingerprint density at radius 3 is 2.28 bits per heavy atom. The van der Waals surface area contributed by atoms with Crippen molar-refractivity contribution in [1.82, 2.24) is 14.9 Å². The third-order valence-corrected chi connectivity index (χ3v) is 4.38. The van der Waals surface area contributed by atoms with Crippen LogP contribution in [0.2, 0.25) is 0 Å². The molecule has 0 aromatic carbocycles. The van der Waals surface area contributed by atoms with E-state index in [1.54, 1.807) is 6.33 Å². The van der Waals surface area contributed by atoms with Gasteiger partial charge in [-0.15, -0.1) is 0 Å². The first-order valence-corrected chi connectivity index (χ1v) is 7.00. The number of hydrogen-bond donors (Lipinski definition) is 1. The average Bonchev–Trinajstić information content (AvgIpc) is 2.91. The molecular weight excluding hydrogens is 224 g/mol. The normalized spacial score (nSPS) is 20.2. The fourth-order valence-corrected chi connectivity index (χ4v) is 3.45. The zero-order valence-electron chi connectivity index (χ0n) is 11.5. The van der Waals surface area contributed by atoms with Crippen LogP contribution in [0.15, 0.2) is 18.7 Å². The van der Waals surface area contributed by atoms with Crippen LogP contribution in [0.1, 0.15) is 51.1 Å². The number of rotatable bonds is 5. The lowest BCUT2D eigenvalue weighted by Gasteiger charge is -2.44. The molecule has 0 spiro atoms. The van der Waals surface area contributed by atoms with E-state index in [1.165, 1.54) is 25.7 Å². The second-order valence-corrected chi connectivity index (χ2v) is 5.13. The van der Waals surface area contributed by atoms with E-state index >= 15 is 0 Å². The fourth-order valence-electron chi connectivity index (χ4n) is 3.45. The van der Waals surface area contributed by atoms with Gasteiger partial charge in [-0.05, 0) is 25.9 Å². The van der Waals surface area contributed by atoms with Crippen LogP contribution in [0.5, 0.6) is 0 Å². The monoisotopic (exact) mass is 248 g/mol. The molecule has 2 rings (SSSR count). The van der Waals surface area contributed by atoms with Crippen LogP contribution in [0.25, 0.3) is 0 Å². The SMILES string of the molecule is CCN(CC)C1(C(N)c2cncnc2)CCCC1. The minimum atomic E-state index is 0.0149. The van der Waals surface area contributed by atoms with E-state index in [4.69, 9.17) is 5.73 Å². The second-order valence-electron chi connectivity index (χ2n) is 5.13. The van der Waals surface area contributed by atoms with Crippen molar-refractivity contribution in [3.8, 4) is 0 Å². The third-order valence-electron chi connectivity index (χ3n) is 4.38. The van der Waals surface area contributed by atoms with Crippen LogP contribution in [-0.2, 0) is 0 Å². The molecule has 18 heavy (non-hydrogen) atoms. The van der Waals surface area contributed by atoms with E-state index in [-0.39, 0.29) is 11.6 Å². The summed E-state index contributed by atoms with van der Waals surface area (Å²) in [5, 5.41) is 0. The maximum Gasteiger partial charge on any atom is 0.115 e. The average molecular weight is 248 g/mol. The van der Waals surface area contributed by atoms with Gasteiger partial charge in [-0.25, -0.2) is 9.97 Å². The van der Waals surface area contributed by atoms with Gasteiger partial charge >= 0.3 is 0 Å². The minimum absolute atomic E-state index is 0.0149. The lowest BCUT2D eigenvalue weighted by molar-refractivity contribution is 0.0768. The van der Waals surface area contributed by atoms with Gasteiger partial charge in [0.05, 0.1) is 6.04 Å². The number of hydrogen-bond acceptors (Lipinski definition) is 4. The van der Waals surface area contributed by atoms with Gasteiger partial charge in [0, 0.05) is 23.5 Å². The van der Waals surface area contributed by atoms with E-state index in [1.807, 2.05) is 12.4 Å². The summed E-state index contributed by atoms with van der Waals surface area (Å²) in [6.07, 6.45) is 10.2. The highest BCUT2D eigenvalue weighted by Crippen LogP contribution is 2.42. The van der Waals surface area contributed by atoms with Gasteiger partial charge in [-0.3, -0.25) is 4.90 Å². The number of aromatic nitrogens is 2. The Kier molecular flexibility index (Phi) is 4.30. The smallest absolute Gasteiger partial charge is 0.115 e. The van der Waals surface area contributed by atoms with Crippen LogP contribution >= 0.6 is 0 Å². The van der Waals surface area contributed by atoms with Gasteiger partial charge in [-0.1, -0.05) is 26.7 Å². The molecule has 0 aliphatic heterocycles. The van der Waals surface area contributed by atoms with Crippen LogP contribution in [0.4, 0.5) is 0 Å². The molecule has 1 saturated carbocycles. The van der Waals surface area contributed by atoms with Crippen molar-refractivity contribution < 1.29 is 0 Å². The van der Waals surface area contributed by atoms with Crippen LogP contribution in [0.3, 0.4) is 0 Å². The standard InChI is InChI=1S/C14H24N4/c1-3-18(4-2)14(7-5-6-8-14)13(15)12-9-16-11-17-10-12/h9-11,13H,3-8,15H2,1-2H3. The first-order chi connectivity index (χ1) is 8.74. The Morgan fingerprint density at radius 2 is 1.78 bits per heavy atom. The minimum Gasteiger partial charge on any atom is -0.322 e. The van der Waals surface area contributed by atoms with E-state index in [0.717, 1.165) is 18.7 Å². The van der Waals surface area contributed by atoms with Gasteiger partial charge in [0.1, 0.15) is 6.33 Å². The molecule has 4 heteroatoms. The predicted molar refractivity (Wildman–Crippen MR) is 73.1 cm³/mol. The topological polar surface area (TPSA) is 55.0 Å². The van der Waals surface area contributed by atoms with Gasteiger partial charge in [0.15, 0.2) is 0 Å². The van der Waals surface area contributed by atoms with Crippen molar-refractivity contribution in [3.05, 3.63) is 24.3 Å². The lowest BCUT2D eigenvalue weighted by atomic mass is 9.83. The molecule has 1 aromatic heterocycles. The largest absolute Gasteiger partial charge is 0.322 e. The molecule has 100 valence electrons. The molecule has 1 aliphatic carbocycles. The summed E-state index contributed by atoms with van der Waals surface area (Å²) in [6, 6.07) is 0.0149. The van der Waals surface area contributed by atoms with Crippen LogP contribution in [-0.4, -0.2) is 33.5 Å². The summed E-state index contributed by atoms with van der Waals surface area (Å²) in [5.74, 6) is 0. The fraction of sp³-hybridized carbons (Fsp3) is 0.714. The molecular formula is C14H24N4. The van der Waals surface area contributed by atoms with E-state index < -0.39 is 0 Å². The zero-order chi connectivity index (χ0) is 13.0. The summed E-state index contributed by atoms with van der Waals surface area (Å²) < 4.78 is 0.